The van der Waals surface area contributed by atoms with Gasteiger partial charge >= 0.3 is 0 Å². The molecule has 6 nitrogen and oxygen atoms in total. The van der Waals surface area contributed by atoms with E-state index in [1.54, 1.807) is 29.9 Å². The Morgan fingerprint density at radius 1 is 0.921 bits per heavy atom. The highest BCUT2D eigenvalue weighted by Gasteiger charge is 2.45. The third-order valence-corrected chi connectivity index (χ3v) is 7.16. The number of fused-ring (bicyclic) bond motifs is 1. The number of halogens is 1. The minimum Gasteiger partial charge on any atom is -0.343 e. The number of carbonyl (C=O) groups is 2. The van der Waals surface area contributed by atoms with Crippen molar-refractivity contribution in [3.63, 3.8) is 0 Å². The number of anilines is 1. The van der Waals surface area contributed by atoms with Crippen LogP contribution in [0.3, 0.4) is 0 Å². The fraction of sp³-hybridized carbons (Fsp3) is 0.129. The molecule has 0 bridgehead atoms. The molecule has 38 heavy (non-hydrogen) atoms. The van der Waals surface area contributed by atoms with Crippen molar-refractivity contribution in [1.29, 1.82) is 0 Å². The van der Waals surface area contributed by atoms with E-state index in [4.69, 9.17) is 0 Å². The van der Waals surface area contributed by atoms with Gasteiger partial charge in [-0.3, -0.25) is 9.59 Å². The molecule has 0 atom stereocenters. The lowest BCUT2D eigenvalue weighted by Gasteiger charge is -2.18. The fourth-order valence-corrected chi connectivity index (χ4v) is 4.79. The largest absolute Gasteiger partial charge is 0.343 e. The van der Waals surface area contributed by atoms with Gasteiger partial charge in [-0.1, -0.05) is 42.5 Å². The number of hydrogen-bond donors (Lipinski definition) is 1. The number of amides is 2. The van der Waals surface area contributed by atoms with Crippen molar-refractivity contribution < 1.29 is 14.0 Å². The lowest BCUT2D eigenvalue weighted by Crippen LogP contribution is -2.34. The van der Waals surface area contributed by atoms with Crippen LogP contribution in [0, 0.1) is 5.82 Å². The molecule has 1 aliphatic rings. The zero-order chi connectivity index (χ0) is 26.3. The number of nitrogens with zero attached hydrogens (tertiary/aromatic N) is 3. The number of hydrogen-bond acceptors (Lipinski definition) is 3. The Morgan fingerprint density at radius 2 is 1.66 bits per heavy atom. The average Bonchev–Trinajstić information content (AvgIpc) is 3.62. The molecule has 0 saturated heterocycles. The van der Waals surface area contributed by atoms with Gasteiger partial charge in [0.2, 0.25) is 0 Å². The van der Waals surface area contributed by atoms with Crippen molar-refractivity contribution in [3.05, 3.63) is 126 Å². The third-order valence-electron chi connectivity index (χ3n) is 7.16. The zero-order valence-electron chi connectivity index (χ0n) is 20.8. The zero-order valence-corrected chi connectivity index (χ0v) is 20.8. The maximum Gasteiger partial charge on any atom is 0.261 e. The molecule has 2 aromatic heterocycles. The van der Waals surface area contributed by atoms with E-state index in [1.165, 1.54) is 23.2 Å². The molecular formula is C31H25FN4O2. The smallest absolute Gasteiger partial charge is 0.261 e. The van der Waals surface area contributed by atoms with Crippen molar-refractivity contribution in [1.82, 2.24) is 14.9 Å². The van der Waals surface area contributed by atoms with Crippen molar-refractivity contribution >= 4 is 23.0 Å². The second-order valence-corrected chi connectivity index (χ2v) is 9.63. The Labute approximate surface area is 219 Å². The molecule has 188 valence electrons. The first kappa shape index (κ1) is 23.6. The minimum atomic E-state index is -0.362. The Bertz CT molecular complexity index is 1660. The summed E-state index contributed by atoms with van der Waals surface area (Å²) in [5, 5.41) is 7.56. The first-order valence-electron chi connectivity index (χ1n) is 12.4. The van der Waals surface area contributed by atoms with E-state index in [9.17, 15) is 14.0 Å². The molecule has 0 spiro atoms. The van der Waals surface area contributed by atoms with Gasteiger partial charge in [-0.05, 0) is 78.1 Å². The van der Waals surface area contributed by atoms with Gasteiger partial charge in [-0.25, -0.2) is 8.91 Å². The summed E-state index contributed by atoms with van der Waals surface area (Å²) >= 11 is 0. The molecule has 1 fully saturated rings. The summed E-state index contributed by atoms with van der Waals surface area (Å²) in [6.45, 7) is 0. The lowest BCUT2D eigenvalue weighted by atomic mass is 10.0. The van der Waals surface area contributed by atoms with Crippen molar-refractivity contribution in [2.75, 3.05) is 11.9 Å². The average molecular weight is 505 g/mol. The van der Waals surface area contributed by atoms with Gasteiger partial charge in [0, 0.05) is 24.5 Å². The molecule has 1 N–H and O–H groups in total. The Hall–Kier alpha value is -4.78. The van der Waals surface area contributed by atoms with Gasteiger partial charge in [0.25, 0.3) is 11.8 Å². The van der Waals surface area contributed by atoms with Gasteiger partial charge in [0.1, 0.15) is 5.82 Å². The van der Waals surface area contributed by atoms with E-state index >= 15 is 0 Å². The second-order valence-electron chi connectivity index (χ2n) is 9.63. The van der Waals surface area contributed by atoms with Gasteiger partial charge in [-0.15, -0.1) is 0 Å². The molecule has 2 amide bonds. The molecule has 1 aliphatic carbocycles. The van der Waals surface area contributed by atoms with Gasteiger partial charge < -0.3 is 10.2 Å². The molecule has 0 radical (unpaired) electrons. The summed E-state index contributed by atoms with van der Waals surface area (Å²) in [4.78, 5) is 27.9. The van der Waals surface area contributed by atoms with Crippen LogP contribution in [0.15, 0.2) is 103 Å². The number of pyridine rings is 1. The van der Waals surface area contributed by atoms with Crippen molar-refractivity contribution in [2.24, 2.45) is 0 Å². The van der Waals surface area contributed by atoms with Crippen LogP contribution in [-0.2, 0) is 5.54 Å². The molecule has 2 heterocycles. The number of nitrogens with one attached hydrogen (secondary N) is 1. The molecule has 3 aromatic carbocycles. The minimum absolute atomic E-state index is 0.115. The van der Waals surface area contributed by atoms with Crippen molar-refractivity contribution in [3.8, 4) is 11.1 Å². The Kier molecular flexibility index (Phi) is 5.76. The van der Waals surface area contributed by atoms with Crippen LogP contribution in [0.25, 0.3) is 16.6 Å². The van der Waals surface area contributed by atoms with Gasteiger partial charge in [-0.2, -0.15) is 5.10 Å². The van der Waals surface area contributed by atoms with Crippen LogP contribution in [0.1, 0.15) is 39.1 Å². The number of rotatable bonds is 6. The van der Waals surface area contributed by atoms with E-state index in [-0.39, 0.29) is 23.2 Å². The summed E-state index contributed by atoms with van der Waals surface area (Å²) < 4.78 is 15.0. The predicted molar refractivity (Wildman–Crippen MR) is 145 cm³/mol. The molecular weight excluding hydrogens is 479 g/mol. The predicted octanol–water partition coefficient (Wildman–Crippen LogP) is 5.84. The maximum atomic E-state index is 13.3. The van der Waals surface area contributed by atoms with E-state index in [0.717, 1.165) is 29.5 Å². The highest BCUT2D eigenvalue weighted by atomic mass is 19.1. The number of aromatic nitrogens is 2. The van der Waals surface area contributed by atoms with Crippen LogP contribution in [0.2, 0.25) is 0 Å². The van der Waals surface area contributed by atoms with Crippen LogP contribution >= 0.6 is 0 Å². The molecule has 5 aromatic rings. The molecule has 1 saturated carbocycles. The molecule has 0 unspecified atom stereocenters. The highest BCUT2D eigenvalue weighted by molar-refractivity contribution is 6.10. The van der Waals surface area contributed by atoms with Crippen LogP contribution in [-0.4, -0.2) is 28.5 Å². The fourth-order valence-electron chi connectivity index (χ4n) is 4.79. The summed E-state index contributed by atoms with van der Waals surface area (Å²) in [5.74, 6) is -0.735. The Balaban J connectivity index is 1.27. The first-order chi connectivity index (χ1) is 18.4. The van der Waals surface area contributed by atoms with E-state index < -0.39 is 0 Å². The van der Waals surface area contributed by atoms with Gasteiger partial charge in [0.15, 0.2) is 0 Å². The SMILES string of the molecule is CN(C(=O)c1cnn2ccc(-c3cccc(C(=O)NC4(c5ccccc5)CC4)c3)cc12)c1ccc(F)cc1. The molecule has 7 heteroatoms. The summed E-state index contributed by atoms with van der Waals surface area (Å²) in [6, 6.07) is 27.1. The summed E-state index contributed by atoms with van der Waals surface area (Å²) in [5.41, 5.74) is 4.75. The Morgan fingerprint density at radius 3 is 2.39 bits per heavy atom. The molecule has 6 rings (SSSR count). The quantitative estimate of drug-likeness (QED) is 0.316. The standard InChI is InChI=1S/C31H25FN4O2/c1-35(26-12-10-25(32)11-13-26)30(38)27-20-33-36-17-14-22(19-28(27)36)21-6-5-7-23(18-21)29(37)34-31(15-16-31)24-8-3-2-4-9-24/h2-14,17-20H,15-16H2,1H3,(H,34,37). The van der Waals surface area contributed by atoms with E-state index in [1.807, 2.05) is 54.6 Å². The van der Waals surface area contributed by atoms with E-state index in [0.29, 0.717) is 22.3 Å². The maximum absolute atomic E-state index is 13.3. The van der Waals surface area contributed by atoms with Crippen molar-refractivity contribution in [2.45, 2.75) is 18.4 Å². The monoisotopic (exact) mass is 504 g/mol. The second kappa shape index (κ2) is 9.27. The topological polar surface area (TPSA) is 66.7 Å². The van der Waals surface area contributed by atoms with Crippen LogP contribution in [0.4, 0.5) is 10.1 Å². The third kappa shape index (κ3) is 4.32. The lowest BCUT2D eigenvalue weighted by molar-refractivity contribution is 0.0930. The van der Waals surface area contributed by atoms with Crippen LogP contribution < -0.4 is 10.2 Å². The normalized spacial score (nSPS) is 13.7. The van der Waals surface area contributed by atoms with Gasteiger partial charge in [0.05, 0.1) is 22.8 Å². The number of benzene rings is 3. The van der Waals surface area contributed by atoms with E-state index in [2.05, 4.69) is 22.5 Å². The summed E-state index contributed by atoms with van der Waals surface area (Å²) in [6.07, 6.45) is 5.16. The molecule has 0 aliphatic heterocycles. The number of carbonyl (C=O) groups excluding carboxylic acids is 2. The first-order valence-corrected chi connectivity index (χ1v) is 12.4. The highest BCUT2D eigenvalue weighted by Crippen LogP contribution is 2.45. The summed E-state index contributed by atoms with van der Waals surface area (Å²) in [7, 11) is 1.65. The van der Waals surface area contributed by atoms with Crippen LogP contribution in [0.5, 0.6) is 0 Å².